The van der Waals surface area contributed by atoms with Gasteiger partial charge in [-0.1, -0.05) is 96.7 Å². The van der Waals surface area contributed by atoms with Crippen LogP contribution in [-0.2, 0) is 6.61 Å². The molecule has 0 atom stereocenters. The summed E-state index contributed by atoms with van der Waals surface area (Å²) in [4.78, 5) is 2.34. The van der Waals surface area contributed by atoms with E-state index in [-0.39, 0.29) is 0 Å². The van der Waals surface area contributed by atoms with Crippen molar-refractivity contribution in [3.63, 3.8) is 0 Å². The molecule has 0 amide bonds. The zero-order valence-corrected chi connectivity index (χ0v) is 24.7. The second kappa shape index (κ2) is 11.0. The van der Waals surface area contributed by atoms with Crippen LogP contribution in [0.25, 0.3) is 38.3 Å². The molecule has 7 aromatic rings. The van der Waals surface area contributed by atoms with Crippen LogP contribution in [0.4, 0.5) is 0 Å². The average molecular weight is 566 g/mol. The topological polar surface area (TPSA) is 23.4 Å². The molecule has 0 bridgehead atoms. The molecule has 206 valence electrons. The second-order valence-electron chi connectivity index (χ2n) is 10.6. The molecule has 3 nitrogen and oxygen atoms in total. The van der Waals surface area contributed by atoms with E-state index in [9.17, 15) is 0 Å². The quantitative estimate of drug-likeness (QED) is 0.192. The van der Waals surface area contributed by atoms with Crippen molar-refractivity contribution in [3.05, 3.63) is 138 Å². The number of aromatic nitrogens is 1. The molecule has 0 fully saturated rings. The minimum absolute atomic E-state index is 0.480. The van der Waals surface area contributed by atoms with Crippen molar-refractivity contribution in [3.8, 4) is 17.2 Å². The first-order valence-electron chi connectivity index (χ1n) is 14.2. The Morgan fingerprint density at radius 2 is 1.31 bits per heavy atom. The maximum Gasteiger partial charge on any atom is 0.133 e. The van der Waals surface area contributed by atoms with Gasteiger partial charge in [0, 0.05) is 32.8 Å². The highest BCUT2D eigenvalue weighted by molar-refractivity contribution is 7.99. The van der Waals surface area contributed by atoms with E-state index in [1.165, 1.54) is 32.3 Å². The minimum atomic E-state index is 0.480. The lowest BCUT2D eigenvalue weighted by atomic mass is 10.0. The Hall–Kier alpha value is -4.67. The molecular weight excluding hydrogens is 534 g/mol. The van der Waals surface area contributed by atoms with Crippen molar-refractivity contribution < 1.29 is 9.47 Å². The van der Waals surface area contributed by atoms with Gasteiger partial charge < -0.3 is 14.0 Å². The van der Waals surface area contributed by atoms with E-state index in [0.717, 1.165) is 43.9 Å². The Kier molecular flexibility index (Phi) is 6.85. The minimum Gasteiger partial charge on any atom is -0.496 e. The first kappa shape index (κ1) is 26.2. The highest BCUT2D eigenvalue weighted by atomic mass is 32.2. The summed E-state index contributed by atoms with van der Waals surface area (Å²) < 4.78 is 15.0. The number of rotatable bonds is 7. The molecule has 6 aromatic carbocycles. The summed E-state index contributed by atoms with van der Waals surface area (Å²) in [6.45, 7) is 4.82. The van der Waals surface area contributed by atoms with E-state index in [4.69, 9.17) is 9.47 Å². The fraction of sp³-hybridized carbons (Fsp3) is 0.105. The van der Waals surface area contributed by atoms with Gasteiger partial charge in [0.05, 0.1) is 23.0 Å². The zero-order valence-electron chi connectivity index (χ0n) is 23.9. The van der Waals surface area contributed by atoms with Gasteiger partial charge in [-0.2, -0.15) is 0 Å². The largest absolute Gasteiger partial charge is 0.496 e. The molecule has 1 heterocycles. The molecule has 42 heavy (non-hydrogen) atoms. The van der Waals surface area contributed by atoms with Gasteiger partial charge in [-0.25, -0.2) is 0 Å². The third kappa shape index (κ3) is 4.58. The highest BCUT2D eigenvalue weighted by Gasteiger charge is 2.21. The lowest BCUT2D eigenvalue weighted by molar-refractivity contribution is 0.310. The van der Waals surface area contributed by atoms with Crippen LogP contribution >= 0.6 is 11.8 Å². The molecule has 0 saturated heterocycles. The molecule has 0 unspecified atom stereocenters. The van der Waals surface area contributed by atoms with Crippen molar-refractivity contribution in [2.24, 2.45) is 0 Å². The second-order valence-corrected chi connectivity index (χ2v) is 11.7. The van der Waals surface area contributed by atoms with Crippen LogP contribution in [0, 0.1) is 13.8 Å². The number of ether oxygens (including phenoxy) is 2. The molecule has 0 saturated carbocycles. The van der Waals surface area contributed by atoms with Gasteiger partial charge in [-0.15, -0.1) is 0 Å². The van der Waals surface area contributed by atoms with Gasteiger partial charge in [0.1, 0.15) is 18.1 Å². The van der Waals surface area contributed by atoms with Gasteiger partial charge in [0.15, 0.2) is 0 Å². The van der Waals surface area contributed by atoms with Crippen molar-refractivity contribution >= 4 is 44.3 Å². The summed E-state index contributed by atoms with van der Waals surface area (Å²) in [7, 11) is 1.75. The number of hydrogen-bond donors (Lipinski definition) is 0. The van der Waals surface area contributed by atoms with Gasteiger partial charge >= 0.3 is 0 Å². The molecule has 7 rings (SSSR count). The Balaban J connectivity index is 1.54. The number of para-hydroxylation sites is 2. The number of fused-ring (bicyclic) bond motifs is 5. The predicted octanol–water partition coefficient (Wildman–Crippen LogP) is 10.3. The average Bonchev–Trinajstić information content (AvgIpc) is 3.36. The Morgan fingerprint density at radius 3 is 2.05 bits per heavy atom. The van der Waals surface area contributed by atoms with E-state index >= 15 is 0 Å². The van der Waals surface area contributed by atoms with Crippen LogP contribution < -0.4 is 9.47 Å². The number of hydrogen-bond acceptors (Lipinski definition) is 3. The number of methoxy groups -OCH3 is 1. The molecule has 0 aliphatic heterocycles. The van der Waals surface area contributed by atoms with Gasteiger partial charge in [-0.05, 0) is 66.3 Å². The van der Waals surface area contributed by atoms with Crippen LogP contribution in [-0.4, -0.2) is 11.7 Å². The number of aryl methyl sites for hydroxylation is 2. The van der Waals surface area contributed by atoms with Crippen LogP contribution in [0.3, 0.4) is 0 Å². The maximum absolute atomic E-state index is 6.62. The van der Waals surface area contributed by atoms with Gasteiger partial charge in [0.25, 0.3) is 0 Å². The third-order valence-corrected chi connectivity index (χ3v) is 9.28. The molecule has 0 N–H and O–H groups in total. The molecule has 0 aliphatic carbocycles. The smallest absolute Gasteiger partial charge is 0.133 e. The van der Waals surface area contributed by atoms with Crippen LogP contribution in [0.5, 0.6) is 11.5 Å². The van der Waals surface area contributed by atoms with Gasteiger partial charge in [-0.3, -0.25) is 0 Å². The van der Waals surface area contributed by atoms with E-state index in [0.29, 0.717) is 6.61 Å². The number of benzene rings is 6. The molecule has 4 heteroatoms. The predicted molar refractivity (Wildman–Crippen MR) is 176 cm³/mol. The van der Waals surface area contributed by atoms with E-state index in [2.05, 4.69) is 122 Å². The monoisotopic (exact) mass is 565 g/mol. The van der Waals surface area contributed by atoms with E-state index < -0.39 is 0 Å². The van der Waals surface area contributed by atoms with Crippen molar-refractivity contribution in [2.45, 2.75) is 30.2 Å². The first-order valence-corrected chi connectivity index (χ1v) is 15.0. The maximum atomic E-state index is 6.62. The molecular formula is C38H31NO2S. The van der Waals surface area contributed by atoms with Crippen LogP contribution in [0.15, 0.2) is 131 Å². The van der Waals surface area contributed by atoms with Crippen LogP contribution in [0.2, 0.25) is 0 Å². The fourth-order valence-corrected chi connectivity index (χ4v) is 6.97. The molecule has 0 spiro atoms. The Labute approximate surface area is 250 Å². The summed E-state index contributed by atoms with van der Waals surface area (Å²) >= 11 is 1.77. The lowest BCUT2D eigenvalue weighted by Crippen LogP contribution is -1.98. The molecule has 1 aromatic heterocycles. The van der Waals surface area contributed by atoms with E-state index in [1.807, 2.05) is 18.2 Å². The SMILES string of the molecule is COc1cc2c(OCc3ccccc3)cc3c(c2cc1Sc1c(C)cccc1C)c1ccccc1n3-c1ccccc1. The standard InChI is InChI=1S/C38H31NO2S/c1-25-13-12-14-26(2)38(25)42-36-22-31-30(21-35(36)40-3)34(41-24-27-15-6-4-7-16-27)23-33-37(31)29-19-10-11-20-32(29)39(33)28-17-8-5-9-18-28/h4-23H,24H2,1-3H3. The lowest BCUT2D eigenvalue weighted by Gasteiger charge is -2.17. The van der Waals surface area contributed by atoms with Crippen LogP contribution in [0.1, 0.15) is 16.7 Å². The third-order valence-electron chi connectivity index (χ3n) is 7.89. The van der Waals surface area contributed by atoms with Crippen molar-refractivity contribution in [1.82, 2.24) is 4.57 Å². The zero-order chi connectivity index (χ0) is 28.6. The van der Waals surface area contributed by atoms with Gasteiger partial charge in [0.2, 0.25) is 0 Å². The molecule has 0 radical (unpaired) electrons. The van der Waals surface area contributed by atoms with Crippen molar-refractivity contribution in [2.75, 3.05) is 7.11 Å². The summed E-state index contributed by atoms with van der Waals surface area (Å²) in [5.74, 6) is 1.68. The highest BCUT2D eigenvalue weighted by Crippen LogP contribution is 2.46. The summed E-state index contributed by atoms with van der Waals surface area (Å²) in [5.41, 5.74) is 7.05. The van der Waals surface area contributed by atoms with Crippen molar-refractivity contribution in [1.29, 1.82) is 0 Å². The Bertz CT molecular complexity index is 2040. The Morgan fingerprint density at radius 1 is 0.619 bits per heavy atom. The summed E-state index contributed by atoms with van der Waals surface area (Å²) in [6, 6.07) is 42.7. The molecule has 0 aliphatic rings. The fourth-order valence-electron chi connectivity index (χ4n) is 5.87. The summed E-state index contributed by atoms with van der Waals surface area (Å²) in [5, 5.41) is 4.61. The van der Waals surface area contributed by atoms with E-state index in [1.54, 1.807) is 18.9 Å². The number of nitrogens with zero attached hydrogens (tertiary/aromatic N) is 1. The normalized spacial score (nSPS) is 11.4. The first-order chi connectivity index (χ1) is 20.6. The summed E-state index contributed by atoms with van der Waals surface area (Å²) in [6.07, 6.45) is 0.